The van der Waals surface area contributed by atoms with Gasteiger partial charge in [-0.2, -0.15) is 17.0 Å². The molecule has 1 rings (SSSR count). The highest BCUT2D eigenvalue weighted by molar-refractivity contribution is 7.98. The number of rotatable bonds is 9. The molecule has 0 fully saturated rings. The summed E-state index contributed by atoms with van der Waals surface area (Å²) in [6.07, 6.45) is 7.88. The molecule has 0 saturated carbocycles. The first-order valence-electron chi connectivity index (χ1n) is 6.47. The van der Waals surface area contributed by atoms with Crippen molar-refractivity contribution in [3.63, 3.8) is 0 Å². The van der Waals surface area contributed by atoms with E-state index in [0.29, 0.717) is 6.54 Å². The predicted molar refractivity (Wildman–Crippen MR) is 80.9 cm³/mol. The number of hydrogen-bond acceptors (Lipinski definition) is 6. The molecule has 6 nitrogen and oxygen atoms in total. The molecule has 0 amide bonds. The van der Waals surface area contributed by atoms with E-state index in [0.717, 1.165) is 19.3 Å². The Kier molecular flexibility index (Phi) is 7.43. The lowest BCUT2D eigenvalue weighted by Gasteiger charge is -2.06. The van der Waals surface area contributed by atoms with Gasteiger partial charge in [0.1, 0.15) is 11.6 Å². The third-order valence-corrected chi connectivity index (χ3v) is 3.49. The smallest absolute Gasteiger partial charge is 0.328 e. The summed E-state index contributed by atoms with van der Waals surface area (Å²) < 4.78 is 0. The van der Waals surface area contributed by atoms with Gasteiger partial charge >= 0.3 is 5.69 Å². The summed E-state index contributed by atoms with van der Waals surface area (Å²) in [5.74, 6) is 1.35. The molecule has 1 aromatic heterocycles. The zero-order valence-corrected chi connectivity index (χ0v) is 12.3. The zero-order chi connectivity index (χ0) is 14.8. The van der Waals surface area contributed by atoms with E-state index >= 15 is 0 Å². The van der Waals surface area contributed by atoms with E-state index in [9.17, 15) is 10.1 Å². The van der Waals surface area contributed by atoms with Crippen molar-refractivity contribution < 1.29 is 4.92 Å². The molecule has 0 aliphatic heterocycles. The van der Waals surface area contributed by atoms with E-state index in [1.165, 1.54) is 24.4 Å². The minimum absolute atomic E-state index is 0.0347. The summed E-state index contributed by atoms with van der Waals surface area (Å²) in [5.41, 5.74) is -0.204. The van der Waals surface area contributed by atoms with Gasteiger partial charge in [0.25, 0.3) is 0 Å². The quantitative estimate of drug-likeness (QED) is 0.427. The lowest BCUT2D eigenvalue weighted by molar-refractivity contribution is -0.384. The number of anilines is 1. The molecule has 0 bridgehead atoms. The number of nitro groups is 1. The van der Waals surface area contributed by atoms with E-state index in [1.807, 2.05) is 17.8 Å². The Morgan fingerprint density at radius 2 is 2.20 bits per heavy atom. The van der Waals surface area contributed by atoms with Crippen LogP contribution in [-0.4, -0.2) is 28.5 Å². The Morgan fingerprint density at radius 3 is 2.85 bits per heavy atom. The van der Waals surface area contributed by atoms with Gasteiger partial charge < -0.3 is 5.32 Å². The van der Waals surface area contributed by atoms with Gasteiger partial charge in [0.05, 0.1) is 4.92 Å². The first-order valence-corrected chi connectivity index (χ1v) is 7.86. The van der Waals surface area contributed by atoms with Gasteiger partial charge in [0, 0.05) is 12.7 Å². The zero-order valence-electron chi connectivity index (χ0n) is 11.5. The Balaban J connectivity index is 2.48. The van der Waals surface area contributed by atoms with Crippen LogP contribution in [0.3, 0.4) is 0 Å². The van der Waals surface area contributed by atoms with Crippen molar-refractivity contribution in [2.45, 2.75) is 25.7 Å². The molecule has 7 heteroatoms. The Bertz CT molecular complexity index is 488. The summed E-state index contributed by atoms with van der Waals surface area (Å²) >= 11 is 1.84. The highest BCUT2D eigenvalue weighted by Crippen LogP contribution is 2.25. The molecular formula is C13H18N4O2S. The monoisotopic (exact) mass is 294 g/mol. The average molecular weight is 294 g/mol. The van der Waals surface area contributed by atoms with Gasteiger partial charge in [0.15, 0.2) is 0 Å². The van der Waals surface area contributed by atoms with Crippen molar-refractivity contribution in [2.24, 2.45) is 0 Å². The van der Waals surface area contributed by atoms with Crippen LogP contribution in [0.25, 0.3) is 0 Å². The Labute approximate surface area is 122 Å². The predicted octanol–water partition coefficient (Wildman–Crippen LogP) is 3.20. The number of nitriles is 1. The molecule has 0 atom stereocenters. The topological polar surface area (TPSA) is 91.8 Å². The first-order chi connectivity index (χ1) is 9.70. The van der Waals surface area contributed by atoms with Crippen molar-refractivity contribution in [3.05, 3.63) is 27.9 Å². The number of pyridine rings is 1. The maximum Gasteiger partial charge on any atom is 0.328 e. The van der Waals surface area contributed by atoms with E-state index in [4.69, 9.17) is 5.26 Å². The van der Waals surface area contributed by atoms with E-state index < -0.39 is 4.92 Å². The summed E-state index contributed by atoms with van der Waals surface area (Å²) in [6, 6.07) is 3.17. The van der Waals surface area contributed by atoms with Crippen LogP contribution >= 0.6 is 11.8 Å². The van der Waals surface area contributed by atoms with Crippen LogP contribution in [0.15, 0.2) is 12.3 Å². The van der Waals surface area contributed by atoms with Gasteiger partial charge in [-0.1, -0.05) is 12.8 Å². The van der Waals surface area contributed by atoms with Gasteiger partial charge in [-0.15, -0.1) is 0 Å². The van der Waals surface area contributed by atoms with Crippen molar-refractivity contribution in [1.82, 2.24) is 4.98 Å². The lowest BCUT2D eigenvalue weighted by atomic mass is 10.2. The highest BCUT2D eigenvalue weighted by atomic mass is 32.2. The first kappa shape index (κ1) is 16.2. The molecule has 0 unspecified atom stereocenters. The minimum Gasteiger partial charge on any atom is -0.364 e. The molecule has 0 aromatic carbocycles. The van der Waals surface area contributed by atoms with E-state index in [2.05, 4.69) is 16.6 Å². The number of thioether (sulfide) groups is 1. The normalized spacial score (nSPS) is 10.0. The van der Waals surface area contributed by atoms with Crippen molar-refractivity contribution in [1.29, 1.82) is 5.26 Å². The largest absolute Gasteiger partial charge is 0.364 e. The molecule has 1 N–H and O–H groups in total. The van der Waals surface area contributed by atoms with Gasteiger partial charge in [-0.3, -0.25) is 10.1 Å². The van der Waals surface area contributed by atoms with Crippen molar-refractivity contribution in [3.8, 4) is 6.07 Å². The van der Waals surface area contributed by atoms with Crippen LogP contribution in [0.4, 0.5) is 11.5 Å². The molecule has 0 aliphatic rings. The van der Waals surface area contributed by atoms with Crippen LogP contribution < -0.4 is 5.32 Å². The molecule has 0 aliphatic carbocycles. The molecule has 0 radical (unpaired) electrons. The third kappa shape index (κ3) is 5.05. The third-order valence-electron chi connectivity index (χ3n) is 2.79. The SMILES string of the molecule is CSCCCCCCNc1nccc(C#N)c1[N+](=O)[O-]. The molecule has 1 aromatic rings. The average Bonchev–Trinajstić information content (AvgIpc) is 2.45. The maximum absolute atomic E-state index is 11.0. The van der Waals surface area contributed by atoms with Crippen LogP contribution in [0, 0.1) is 21.4 Å². The molecule has 108 valence electrons. The van der Waals surface area contributed by atoms with E-state index in [-0.39, 0.29) is 17.1 Å². The fraction of sp³-hybridized carbons (Fsp3) is 0.538. The molecule has 0 spiro atoms. The van der Waals surface area contributed by atoms with Gasteiger partial charge in [0.2, 0.25) is 5.82 Å². The number of nitrogens with zero attached hydrogens (tertiary/aromatic N) is 3. The summed E-state index contributed by atoms with van der Waals surface area (Å²) in [5, 5.41) is 22.8. The minimum atomic E-state index is -0.563. The van der Waals surface area contributed by atoms with E-state index in [1.54, 1.807) is 0 Å². The standard InChI is InChI=1S/C13H18N4O2S/c1-20-9-5-3-2-4-7-15-13-12(17(18)19)11(10-14)6-8-16-13/h6,8H,2-5,7,9H2,1H3,(H,15,16). The molecule has 1 heterocycles. The van der Waals surface area contributed by atoms with Crippen LogP contribution in [0.5, 0.6) is 0 Å². The fourth-order valence-corrected chi connectivity index (χ4v) is 2.28. The second-order valence-electron chi connectivity index (χ2n) is 4.26. The number of nitrogens with one attached hydrogen (secondary N) is 1. The van der Waals surface area contributed by atoms with Crippen LogP contribution in [0.2, 0.25) is 0 Å². The lowest BCUT2D eigenvalue weighted by Crippen LogP contribution is -2.07. The van der Waals surface area contributed by atoms with Crippen LogP contribution in [-0.2, 0) is 0 Å². The van der Waals surface area contributed by atoms with Crippen molar-refractivity contribution in [2.75, 3.05) is 23.9 Å². The Morgan fingerprint density at radius 1 is 1.45 bits per heavy atom. The fourth-order valence-electron chi connectivity index (χ4n) is 1.79. The van der Waals surface area contributed by atoms with Gasteiger partial charge in [-0.25, -0.2) is 4.98 Å². The second kappa shape index (κ2) is 9.15. The Hall–Kier alpha value is -1.81. The van der Waals surface area contributed by atoms with Crippen molar-refractivity contribution >= 4 is 23.3 Å². The summed E-state index contributed by atoms with van der Waals surface area (Å²) in [4.78, 5) is 14.4. The van der Waals surface area contributed by atoms with Gasteiger partial charge in [-0.05, 0) is 30.9 Å². The highest BCUT2D eigenvalue weighted by Gasteiger charge is 2.20. The summed E-state index contributed by atoms with van der Waals surface area (Å²) in [6.45, 7) is 0.627. The van der Waals surface area contributed by atoms with Crippen LogP contribution in [0.1, 0.15) is 31.2 Å². The second-order valence-corrected chi connectivity index (χ2v) is 5.24. The molecular weight excluding hydrogens is 276 g/mol. The molecule has 0 saturated heterocycles. The number of unbranched alkanes of at least 4 members (excludes halogenated alkanes) is 3. The molecule has 20 heavy (non-hydrogen) atoms. The number of hydrogen-bond donors (Lipinski definition) is 1. The summed E-state index contributed by atoms with van der Waals surface area (Å²) in [7, 11) is 0. The maximum atomic E-state index is 11.0. The number of aromatic nitrogens is 1.